The standard InChI is InChI=1S/C18H34N6O4.HI/c1-7-18(8-2,23-16(27)28-17(3,4)5)12-22-14(19-6)20-9-10-24-13(25)11-21-15(24)26;/h7-12H2,1-6H3,(H,21,26)(H,23,27)(H2,19,20,22);1H. The number of rotatable bonds is 8. The molecule has 0 bridgehead atoms. The molecule has 0 spiro atoms. The molecular weight excluding hydrogens is 491 g/mol. The van der Waals surface area contributed by atoms with Crippen molar-refractivity contribution < 1.29 is 19.1 Å². The third-order valence-electron chi connectivity index (χ3n) is 4.50. The first-order valence-corrected chi connectivity index (χ1v) is 9.59. The van der Waals surface area contributed by atoms with E-state index in [-0.39, 0.29) is 49.0 Å². The number of nitrogens with zero attached hydrogens (tertiary/aromatic N) is 2. The highest BCUT2D eigenvalue weighted by molar-refractivity contribution is 14.0. The van der Waals surface area contributed by atoms with Crippen LogP contribution in [0.2, 0.25) is 0 Å². The molecule has 29 heavy (non-hydrogen) atoms. The van der Waals surface area contributed by atoms with Gasteiger partial charge in [0.2, 0.25) is 5.91 Å². The van der Waals surface area contributed by atoms with Crippen molar-refractivity contribution in [2.45, 2.75) is 58.6 Å². The lowest BCUT2D eigenvalue weighted by atomic mass is 9.93. The number of amides is 4. The average Bonchev–Trinajstić information content (AvgIpc) is 2.93. The molecule has 0 aromatic rings. The highest BCUT2D eigenvalue weighted by Gasteiger charge is 2.31. The molecule has 1 rings (SSSR count). The topological polar surface area (TPSA) is 124 Å². The summed E-state index contributed by atoms with van der Waals surface area (Å²) in [7, 11) is 1.63. The quantitative estimate of drug-likeness (QED) is 0.164. The molecule has 0 saturated carbocycles. The van der Waals surface area contributed by atoms with Gasteiger partial charge in [-0.1, -0.05) is 13.8 Å². The highest BCUT2D eigenvalue weighted by Crippen LogP contribution is 2.16. The lowest BCUT2D eigenvalue weighted by Crippen LogP contribution is -2.57. The second-order valence-corrected chi connectivity index (χ2v) is 7.67. The van der Waals surface area contributed by atoms with Gasteiger partial charge in [-0.2, -0.15) is 0 Å². The van der Waals surface area contributed by atoms with Gasteiger partial charge in [-0.25, -0.2) is 9.59 Å². The van der Waals surface area contributed by atoms with E-state index in [2.05, 4.69) is 26.3 Å². The molecule has 1 aliphatic rings. The van der Waals surface area contributed by atoms with E-state index in [4.69, 9.17) is 4.74 Å². The normalized spacial score (nSPS) is 14.8. The summed E-state index contributed by atoms with van der Waals surface area (Å²) >= 11 is 0. The number of carbonyl (C=O) groups excluding carboxylic acids is 3. The Morgan fingerprint density at radius 2 is 1.83 bits per heavy atom. The number of hydrogen-bond acceptors (Lipinski definition) is 5. The van der Waals surface area contributed by atoms with Crippen LogP contribution in [0.3, 0.4) is 0 Å². The lowest BCUT2D eigenvalue weighted by Gasteiger charge is -2.34. The third-order valence-corrected chi connectivity index (χ3v) is 4.50. The van der Waals surface area contributed by atoms with Gasteiger partial charge in [0.15, 0.2) is 5.96 Å². The summed E-state index contributed by atoms with van der Waals surface area (Å²) in [6.45, 7) is 10.6. The molecule has 1 heterocycles. The molecule has 10 nitrogen and oxygen atoms in total. The molecule has 0 aromatic carbocycles. The summed E-state index contributed by atoms with van der Waals surface area (Å²) in [4.78, 5) is 40.6. The number of imide groups is 1. The Morgan fingerprint density at radius 1 is 1.21 bits per heavy atom. The Morgan fingerprint density at radius 3 is 2.28 bits per heavy atom. The summed E-state index contributed by atoms with van der Waals surface area (Å²) in [6.07, 6.45) is 0.948. The van der Waals surface area contributed by atoms with Crippen molar-refractivity contribution in [2.75, 3.05) is 33.2 Å². The first kappa shape index (κ1) is 27.2. The number of guanidine groups is 1. The van der Waals surface area contributed by atoms with E-state index in [0.717, 1.165) is 4.90 Å². The van der Waals surface area contributed by atoms with Gasteiger partial charge in [0, 0.05) is 26.7 Å². The van der Waals surface area contributed by atoms with Crippen LogP contribution in [0.5, 0.6) is 0 Å². The number of halogens is 1. The van der Waals surface area contributed by atoms with E-state index in [0.29, 0.717) is 31.9 Å². The van der Waals surface area contributed by atoms with Gasteiger partial charge in [-0.05, 0) is 33.6 Å². The van der Waals surface area contributed by atoms with Crippen molar-refractivity contribution in [2.24, 2.45) is 4.99 Å². The van der Waals surface area contributed by atoms with Gasteiger partial charge in [-0.3, -0.25) is 14.7 Å². The van der Waals surface area contributed by atoms with Gasteiger partial charge < -0.3 is 26.0 Å². The van der Waals surface area contributed by atoms with Crippen LogP contribution in [-0.2, 0) is 9.53 Å². The van der Waals surface area contributed by atoms with Crippen molar-refractivity contribution in [3.8, 4) is 0 Å². The van der Waals surface area contributed by atoms with E-state index in [9.17, 15) is 14.4 Å². The molecule has 168 valence electrons. The van der Waals surface area contributed by atoms with Crippen LogP contribution in [-0.4, -0.2) is 73.3 Å². The Hall–Kier alpha value is -1.79. The van der Waals surface area contributed by atoms with Gasteiger partial charge in [0.1, 0.15) is 5.60 Å². The fraction of sp³-hybridized carbons (Fsp3) is 0.778. The van der Waals surface area contributed by atoms with Gasteiger partial charge in [-0.15, -0.1) is 24.0 Å². The Kier molecular flexibility index (Phi) is 11.3. The fourth-order valence-electron chi connectivity index (χ4n) is 2.68. The molecule has 0 aliphatic carbocycles. The Labute approximate surface area is 190 Å². The summed E-state index contributed by atoms with van der Waals surface area (Å²) in [5, 5.41) is 11.7. The van der Waals surface area contributed by atoms with Crippen LogP contribution < -0.4 is 21.3 Å². The zero-order valence-electron chi connectivity index (χ0n) is 18.2. The second kappa shape index (κ2) is 12.0. The maximum Gasteiger partial charge on any atom is 0.408 e. The van der Waals surface area contributed by atoms with Crippen LogP contribution in [0.15, 0.2) is 4.99 Å². The van der Waals surface area contributed by atoms with Crippen LogP contribution >= 0.6 is 24.0 Å². The summed E-state index contributed by atoms with van der Waals surface area (Å²) < 4.78 is 5.37. The van der Waals surface area contributed by atoms with Crippen LogP contribution in [0.4, 0.5) is 9.59 Å². The van der Waals surface area contributed by atoms with Crippen molar-refractivity contribution in [3.05, 3.63) is 0 Å². The van der Waals surface area contributed by atoms with Crippen LogP contribution in [0.1, 0.15) is 47.5 Å². The molecule has 11 heteroatoms. The number of ether oxygens (including phenoxy) is 1. The zero-order valence-corrected chi connectivity index (χ0v) is 20.5. The number of aliphatic imine (C=N–C) groups is 1. The smallest absolute Gasteiger partial charge is 0.408 e. The minimum absolute atomic E-state index is 0. The second-order valence-electron chi connectivity index (χ2n) is 7.67. The Bertz CT molecular complexity index is 586. The predicted molar refractivity (Wildman–Crippen MR) is 123 cm³/mol. The minimum atomic E-state index is -0.568. The Balaban J connectivity index is 0.00000784. The zero-order chi connectivity index (χ0) is 21.4. The molecule has 0 unspecified atom stereocenters. The van der Waals surface area contributed by atoms with E-state index >= 15 is 0 Å². The van der Waals surface area contributed by atoms with E-state index in [1.165, 1.54) is 0 Å². The largest absolute Gasteiger partial charge is 0.444 e. The average molecular weight is 526 g/mol. The molecule has 4 amide bonds. The number of hydrogen-bond donors (Lipinski definition) is 4. The number of nitrogens with one attached hydrogen (secondary N) is 4. The van der Waals surface area contributed by atoms with Gasteiger partial charge in [0.25, 0.3) is 0 Å². The molecule has 1 saturated heterocycles. The summed E-state index contributed by atoms with van der Waals surface area (Å²) in [5.41, 5.74) is -1.06. The third kappa shape index (κ3) is 9.05. The van der Waals surface area contributed by atoms with E-state index < -0.39 is 17.2 Å². The van der Waals surface area contributed by atoms with Crippen LogP contribution in [0, 0.1) is 0 Å². The first-order valence-electron chi connectivity index (χ1n) is 9.59. The molecule has 1 fully saturated rings. The van der Waals surface area contributed by atoms with Crippen molar-refractivity contribution in [3.63, 3.8) is 0 Å². The predicted octanol–water partition coefficient (Wildman–Crippen LogP) is 1.40. The summed E-state index contributed by atoms with van der Waals surface area (Å²) in [5.74, 6) is 0.275. The minimum Gasteiger partial charge on any atom is -0.444 e. The maximum absolute atomic E-state index is 12.2. The lowest BCUT2D eigenvalue weighted by molar-refractivity contribution is -0.124. The van der Waals surface area contributed by atoms with Gasteiger partial charge in [0.05, 0.1) is 12.1 Å². The molecule has 4 N–H and O–H groups in total. The van der Waals surface area contributed by atoms with Crippen LogP contribution in [0.25, 0.3) is 0 Å². The maximum atomic E-state index is 12.2. The van der Waals surface area contributed by atoms with E-state index in [1.807, 2.05) is 34.6 Å². The van der Waals surface area contributed by atoms with Crippen molar-refractivity contribution in [1.29, 1.82) is 0 Å². The molecular formula is C18H35IN6O4. The molecule has 0 aromatic heterocycles. The SMILES string of the molecule is CCC(CC)(CNC(=NC)NCCN1C(=O)CNC1=O)NC(=O)OC(C)(C)C.I. The number of carbonyl (C=O) groups is 3. The number of alkyl carbamates (subject to hydrolysis) is 1. The fourth-order valence-corrected chi connectivity index (χ4v) is 2.68. The van der Waals surface area contributed by atoms with E-state index in [1.54, 1.807) is 7.05 Å². The first-order chi connectivity index (χ1) is 13.1. The monoisotopic (exact) mass is 526 g/mol. The number of urea groups is 1. The molecule has 1 aliphatic heterocycles. The summed E-state index contributed by atoms with van der Waals surface area (Å²) in [6, 6.07) is -0.382. The highest BCUT2D eigenvalue weighted by atomic mass is 127. The van der Waals surface area contributed by atoms with Crippen molar-refractivity contribution in [1.82, 2.24) is 26.2 Å². The molecule has 0 atom stereocenters. The van der Waals surface area contributed by atoms with Gasteiger partial charge >= 0.3 is 12.1 Å². The molecule has 0 radical (unpaired) electrons. The van der Waals surface area contributed by atoms with Crippen molar-refractivity contribution >= 4 is 48.0 Å².